The van der Waals surface area contributed by atoms with Gasteiger partial charge in [0.15, 0.2) is 11.6 Å². The van der Waals surface area contributed by atoms with Crippen molar-refractivity contribution in [1.29, 1.82) is 0 Å². The molecule has 31 heavy (non-hydrogen) atoms. The summed E-state index contributed by atoms with van der Waals surface area (Å²) >= 11 is 1.68. The lowest BCUT2D eigenvalue weighted by atomic mass is 9.99. The van der Waals surface area contributed by atoms with E-state index < -0.39 is 0 Å². The second kappa shape index (κ2) is 8.49. The van der Waals surface area contributed by atoms with E-state index in [0.29, 0.717) is 23.9 Å². The minimum atomic E-state index is -0.0796. The Morgan fingerprint density at radius 2 is 1.71 bits per heavy atom. The van der Waals surface area contributed by atoms with Crippen LogP contribution in [0.4, 0.5) is 0 Å². The summed E-state index contributed by atoms with van der Waals surface area (Å²) in [4.78, 5) is 14.1. The zero-order valence-corrected chi connectivity index (χ0v) is 17.9. The van der Waals surface area contributed by atoms with E-state index in [1.807, 2.05) is 55.5 Å². The second-order valence-electron chi connectivity index (χ2n) is 7.39. The molecule has 0 bridgehead atoms. The van der Waals surface area contributed by atoms with Gasteiger partial charge in [-0.2, -0.15) is 4.98 Å². The fourth-order valence-electron chi connectivity index (χ4n) is 3.66. The Hall–Kier alpha value is -3.22. The van der Waals surface area contributed by atoms with Gasteiger partial charge in [0, 0.05) is 35.1 Å². The van der Waals surface area contributed by atoms with E-state index in [4.69, 9.17) is 14.7 Å². The van der Waals surface area contributed by atoms with Crippen molar-refractivity contribution < 1.29 is 9.84 Å². The number of aliphatic hydroxyl groups excluding tert-OH is 1. The third-order valence-corrected chi connectivity index (χ3v) is 6.40. The lowest BCUT2D eigenvalue weighted by molar-refractivity contribution is 0.278. The molecule has 1 N–H and O–H groups in total. The maximum atomic E-state index is 9.81. The van der Waals surface area contributed by atoms with Crippen LogP contribution in [0.3, 0.4) is 0 Å². The fourth-order valence-corrected chi connectivity index (χ4v) is 4.64. The van der Waals surface area contributed by atoms with Crippen molar-refractivity contribution in [2.24, 2.45) is 0 Å². The van der Waals surface area contributed by atoms with Gasteiger partial charge in [0.1, 0.15) is 5.03 Å². The summed E-state index contributed by atoms with van der Waals surface area (Å²) in [6.45, 7) is 1.83. The van der Waals surface area contributed by atoms with Crippen LogP contribution in [0.15, 0.2) is 71.9 Å². The summed E-state index contributed by atoms with van der Waals surface area (Å²) in [5.74, 6) is 2.70. The van der Waals surface area contributed by atoms with Gasteiger partial charge in [0.2, 0.25) is 5.88 Å². The standard InChI is InChI=1S/C25H21N3O2S/c1-16-22-20(19(14-29)13-26-16)12-21-24(30-22)27-23(18-10-6-3-7-11-18)28-25(21)31-15-17-8-4-2-5-9-17/h2-11,13,29H,12,14-15H2,1H3. The highest BCUT2D eigenvalue weighted by Gasteiger charge is 2.27. The van der Waals surface area contributed by atoms with Gasteiger partial charge >= 0.3 is 0 Å². The Labute approximate surface area is 185 Å². The quantitative estimate of drug-likeness (QED) is 0.302. The van der Waals surface area contributed by atoms with Crippen molar-refractivity contribution in [2.75, 3.05) is 0 Å². The summed E-state index contributed by atoms with van der Waals surface area (Å²) in [5.41, 5.74) is 5.65. The molecule has 6 heteroatoms. The fraction of sp³-hybridized carbons (Fsp3) is 0.160. The molecule has 0 atom stereocenters. The maximum Gasteiger partial charge on any atom is 0.227 e. The van der Waals surface area contributed by atoms with Crippen LogP contribution in [-0.2, 0) is 18.8 Å². The largest absolute Gasteiger partial charge is 0.436 e. The van der Waals surface area contributed by atoms with Gasteiger partial charge in [-0.3, -0.25) is 4.98 Å². The molecule has 0 saturated heterocycles. The molecular weight excluding hydrogens is 406 g/mol. The van der Waals surface area contributed by atoms with Crippen molar-refractivity contribution in [1.82, 2.24) is 15.0 Å². The summed E-state index contributed by atoms with van der Waals surface area (Å²) in [5, 5.41) is 10.7. The minimum Gasteiger partial charge on any atom is -0.436 e. The van der Waals surface area contributed by atoms with Crippen molar-refractivity contribution in [3.8, 4) is 23.0 Å². The molecule has 0 spiro atoms. The van der Waals surface area contributed by atoms with Crippen molar-refractivity contribution in [3.63, 3.8) is 0 Å². The SMILES string of the molecule is Cc1ncc(CO)c2c1Oc1nc(-c3ccccc3)nc(SCc3ccccc3)c1C2. The molecule has 154 valence electrons. The van der Waals surface area contributed by atoms with Crippen LogP contribution in [0.2, 0.25) is 0 Å². The average molecular weight is 428 g/mol. The van der Waals surface area contributed by atoms with Gasteiger partial charge in [0.25, 0.3) is 0 Å². The molecule has 2 aromatic heterocycles. The first-order valence-corrected chi connectivity index (χ1v) is 11.1. The van der Waals surface area contributed by atoms with E-state index >= 15 is 0 Å². The van der Waals surface area contributed by atoms with Gasteiger partial charge in [-0.1, -0.05) is 60.7 Å². The number of rotatable bonds is 5. The zero-order chi connectivity index (χ0) is 21.2. The zero-order valence-electron chi connectivity index (χ0n) is 17.1. The first kappa shape index (κ1) is 19.7. The maximum absolute atomic E-state index is 9.81. The van der Waals surface area contributed by atoms with E-state index in [-0.39, 0.29) is 6.61 Å². The number of benzene rings is 2. The summed E-state index contributed by atoms with van der Waals surface area (Å²) in [6.07, 6.45) is 2.33. The van der Waals surface area contributed by atoms with Crippen LogP contribution in [0.25, 0.3) is 11.4 Å². The van der Waals surface area contributed by atoms with Crippen LogP contribution < -0.4 is 4.74 Å². The summed E-state index contributed by atoms with van der Waals surface area (Å²) < 4.78 is 6.27. The minimum absolute atomic E-state index is 0.0796. The van der Waals surface area contributed by atoms with Crippen molar-refractivity contribution in [2.45, 2.75) is 30.7 Å². The van der Waals surface area contributed by atoms with Gasteiger partial charge in [0.05, 0.1) is 17.9 Å². The normalized spacial score (nSPS) is 12.1. The second-order valence-corrected chi connectivity index (χ2v) is 8.35. The molecule has 0 amide bonds. The molecule has 5 rings (SSSR count). The lowest BCUT2D eigenvalue weighted by Gasteiger charge is -2.24. The molecule has 3 heterocycles. The van der Waals surface area contributed by atoms with Crippen LogP contribution in [0.5, 0.6) is 11.6 Å². The topological polar surface area (TPSA) is 68.1 Å². The van der Waals surface area contributed by atoms with Crippen LogP contribution in [0, 0.1) is 6.92 Å². The molecule has 1 aliphatic rings. The molecule has 0 saturated carbocycles. The highest BCUT2D eigenvalue weighted by molar-refractivity contribution is 7.98. The molecule has 0 unspecified atom stereocenters. The predicted molar refractivity (Wildman–Crippen MR) is 121 cm³/mol. The van der Waals surface area contributed by atoms with E-state index in [0.717, 1.165) is 38.7 Å². The van der Waals surface area contributed by atoms with Gasteiger partial charge < -0.3 is 9.84 Å². The number of aromatic nitrogens is 3. The number of thioether (sulfide) groups is 1. The highest BCUT2D eigenvalue weighted by atomic mass is 32.2. The average Bonchev–Trinajstić information content (AvgIpc) is 2.83. The van der Waals surface area contributed by atoms with Crippen LogP contribution in [-0.4, -0.2) is 20.1 Å². The van der Waals surface area contributed by atoms with Crippen LogP contribution >= 0.6 is 11.8 Å². The first-order valence-electron chi connectivity index (χ1n) is 10.1. The van der Waals surface area contributed by atoms with E-state index in [2.05, 4.69) is 17.1 Å². The highest BCUT2D eigenvalue weighted by Crippen LogP contribution is 2.43. The Balaban J connectivity index is 1.59. The third-order valence-electron chi connectivity index (χ3n) is 5.31. The summed E-state index contributed by atoms with van der Waals surface area (Å²) in [7, 11) is 0. The van der Waals surface area contributed by atoms with Crippen molar-refractivity contribution >= 4 is 11.8 Å². The third kappa shape index (κ3) is 3.92. The molecule has 0 fully saturated rings. The molecule has 0 aliphatic carbocycles. The smallest absolute Gasteiger partial charge is 0.227 e. The number of hydrogen-bond acceptors (Lipinski definition) is 6. The van der Waals surface area contributed by atoms with Crippen molar-refractivity contribution in [3.05, 3.63) is 94.8 Å². The first-order chi connectivity index (χ1) is 15.2. The number of ether oxygens (including phenoxy) is 1. The number of aliphatic hydroxyl groups is 1. The molecule has 2 aromatic carbocycles. The number of nitrogens with zero attached hydrogens (tertiary/aromatic N) is 3. The van der Waals surface area contributed by atoms with E-state index in [1.165, 1.54) is 5.56 Å². The molecule has 1 aliphatic heterocycles. The van der Waals surface area contributed by atoms with Crippen LogP contribution in [0.1, 0.15) is 27.9 Å². The number of pyridine rings is 1. The Kier molecular flexibility index (Phi) is 5.40. The molecular formula is C25H21N3O2S. The van der Waals surface area contributed by atoms with E-state index in [1.54, 1.807) is 18.0 Å². The summed E-state index contributed by atoms with van der Waals surface area (Å²) in [6, 6.07) is 20.3. The Morgan fingerprint density at radius 1 is 0.968 bits per heavy atom. The lowest BCUT2D eigenvalue weighted by Crippen LogP contribution is -2.13. The Morgan fingerprint density at radius 3 is 2.45 bits per heavy atom. The number of fused-ring (bicyclic) bond motifs is 2. The molecule has 4 aromatic rings. The Bertz CT molecular complexity index is 1230. The number of aryl methyl sites for hydroxylation is 1. The van der Waals surface area contributed by atoms with E-state index in [9.17, 15) is 5.11 Å². The van der Waals surface area contributed by atoms with Gasteiger partial charge in [-0.15, -0.1) is 11.8 Å². The molecule has 5 nitrogen and oxygen atoms in total. The van der Waals surface area contributed by atoms with Gasteiger partial charge in [-0.25, -0.2) is 4.98 Å². The monoisotopic (exact) mass is 427 g/mol. The molecule has 0 radical (unpaired) electrons. The predicted octanol–water partition coefficient (Wildman–Crippen LogP) is 5.33. The van der Waals surface area contributed by atoms with Gasteiger partial charge in [-0.05, 0) is 12.5 Å². The number of hydrogen-bond donors (Lipinski definition) is 1.